The molecule has 0 amide bonds. The molecule has 0 aromatic heterocycles. The van der Waals surface area contributed by atoms with Crippen molar-refractivity contribution in [1.82, 2.24) is 10.6 Å². The molecule has 0 unspecified atom stereocenters. The SMILES string of the molecule is C1CNCCN1.Cl.Cl.O.[CaH2].[KH].[Zn]. The number of nitrogens with one attached hydrogen (secondary N) is 2. The van der Waals surface area contributed by atoms with Crippen LogP contribution in [0.3, 0.4) is 0 Å². The fourth-order valence-corrected chi connectivity index (χ4v) is 0.604. The molecule has 0 aromatic carbocycles. The number of rotatable bonds is 0. The van der Waals surface area contributed by atoms with Crippen LogP contribution in [0.15, 0.2) is 0 Å². The first-order valence-electron chi connectivity index (χ1n) is 2.41. The van der Waals surface area contributed by atoms with Crippen molar-refractivity contribution in [2.45, 2.75) is 0 Å². The Morgan fingerprint density at radius 1 is 0.750 bits per heavy atom. The normalized spacial score (nSPS) is 12.0. The third kappa shape index (κ3) is 23.6. The van der Waals surface area contributed by atoms with Gasteiger partial charge in [-0.3, -0.25) is 0 Å². The zero-order valence-electron chi connectivity index (χ0n) is 5.85. The van der Waals surface area contributed by atoms with Crippen molar-refractivity contribution >= 4 is 114 Å². The van der Waals surface area contributed by atoms with Gasteiger partial charge in [0, 0.05) is 45.7 Å². The summed E-state index contributed by atoms with van der Waals surface area (Å²) in [4.78, 5) is 0. The summed E-state index contributed by atoms with van der Waals surface area (Å²) in [6, 6.07) is 0. The van der Waals surface area contributed by atoms with Crippen molar-refractivity contribution in [2.75, 3.05) is 26.2 Å². The zero-order chi connectivity index (χ0) is 4.24. The first-order chi connectivity index (χ1) is 3.00. The average molecular weight is 325 g/mol. The maximum atomic E-state index is 3.22. The zero-order valence-corrected chi connectivity index (χ0v) is 10.5. The number of piperazine rings is 1. The first kappa shape index (κ1) is 36.0. The van der Waals surface area contributed by atoms with Gasteiger partial charge in [0.15, 0.2) is 0 Å². The van der Waals surface area contributed by atoms with Crippen LogP contribution in [0.25, 0.3) is 0 Å². The van der Waals surface area contributed by atoms with Crippen LogP contribution < -0.4 is 10.6 Å². The van der Waals surface area contributed by atoms with Crippen LogP contribution in [0.2, 0.25) is 0 Å². The Balaban J connectivity index is -0.0000000150. The van der Waals surface area contributed by atoms with Crippen LogP contribution in [0.5, 0.6) is 0 Å². The average Bonchev–Trinajstić information content (AvgIpc) is 1.72. The fourth-order valence-electron chi connectivity index (χ4n) is 0.604. The maximum Gasteiger partial charge on any atom is 0 e. The van der Waals surface area contributed by atoms with Crippen molar-refractivity contribution in [1.29, 1.82) is 0 Å². The molecule has 8 heteroatoms. The molecule has 1 aliphatic heterocycles. The van der Waals surface area contributed by atoms with Crippen LogP contribution in [0.4, 0.5) is 0 Å². The van der Waals surface area contributed by atoms with Crippen molar-refractivity contribution in [2.24, 2.45) is 0 Å². The van der Waals surface area contributed by atoms with Gasteiger partial charge in [-0.1, -0.05) is 0 Å². The molecule has 1 saturated heterocycles. The molecule has 0 radical (unpaired) electrons. The summed E-state index contributed by atoms with van der Waals surface area (Å²) in [5.74, 6) is 0. The van der Waals surface area contributed by atoms with E-state index in [4.69, 9.17) is 0 Å². The van der Waals surface area contributed by atoms with E-state index >= 15 is 0 Å². The minimum absolute atomic E-state index is 0. The molecule has 1 heterocycles. The van der Waals surface area contributed by atoms with E-state index in [2.05, 4.69) is 10.6 Å². The Morgan fingerprint density at radius 3 is 1.00 bits per heavy atom. The quantitative estimate of drug-likeness (QED) is 0.490. The third-order valence-corrected chi connectivity index (χ3v) is 0.957. The van der Waals surface area contributed by atoms with Crippen molar-refractivity contribution in [3.8, 4) is 0 Å². The van der Waals surface area contributed by atoms with Crippen molar-refractivity contribution < 1.29 is 25.0 Å². The van der Waals surface area contributed by atoms with Gasteiger partial charge in [0.2, 0.25) is 0 Å². The van der Waals surface area contributed by atoms with Crippen LogP contribution in [-0.4, -0.2) is 121 Å². The van der Waals surface area contributed by atoms with Crippen LogP contribution in [0, 0.1) is 0 Å². The largest absolute Gasteiger partial charge is 0 e. The molecule has 0 aliphatic carbocycles. The van der Waals surface area contributed by atoms with E-state index in [0.717, 1.165) is 26.2 Å². The molecule has 3 nitrogen and oxygen atoms in total. The van der Waals surface area contributed by atoms with Gasteiger partial charge in [0.25, 0.3) is 0 Å². The topological polar surface area (TPSA) is 55.6 Å². The molecule has 1 aliphatic rings. The summed E-state index contributed by atoms with van der Waals surface area (Å²) < 4.78 is 0. The smallest absolute Gasteiger partial charge is 0 e. The second kappa shape index (κ2) is 29.4. The van der Waals surface area contributed by atoms with Gasteiger partial charge in [-0.15, -0.1) is 24.8 Å². The Labute approximate surface area is 172 Å². The summed E-state index contributed by atoms with van der Waals surface area (Å²) in [5, 5.41) is 6.44. The van der Waals surface area contributed by atoms with Gasteiger partial charge in [0.1, 0.15) is 0 Å². The van der Waals surface area contributed by atoms with Crippen molar-refractivity contribution in [3.05, 3.63) is 0 Å². The summed E-state index contributed by atoms with van der Waals surface area (Å²) in [6.45, 7) is 4.56. The molecule has 4 N–H and O–H groups in total. The maximum absolute atomic E-state index is 3.22. The molecule has 0 aromatic rings. The summed E-state index contributed by atoms with van der Waals surface area (Å²) in [6.07, 6.45) is 0. The minimum atomic E-state index is 0. The monoisotopic (exact) mass is 322 g/mol. The molecular formula is C4H17CaCl2KN2OZn. The molecule has 0 spiro atoms. The van der Waals surface area contributed by atoms with Crippen LogP contribution >= 0.6 is 24.8 Å². The van der Waals surface area contributed by atoms with E-state index in [1.807, 2.05) is 0 Å². The standard InChI is InChI=1S/C4H10N2.Ca.2ClH.K.H2O.Zn.3H/c1-2-6-4-3-5-1;;;;;;;;;/h5-6H,1-4H2;;2*1H;;1H2;;;;. The van der Waals surface area contributed by atoms with E-state index in [1.165, 1.54) is 0 Å². The predicted molar refractivity (Wildman–Crippen MR) is 59.5 cm³/mol. The first-order valence-corrected chi connectivity index (χ1v) is 2.41. The van der Waals surface area contributed by atoms with Crippen molar-refractivity contribution in [3.63, 3.8) is 0 Å². The molecule has 0 atom stereocenters. The molecule has 1 rings (SSSR count). The molecule has 0 saturated carbocycles. The molecular weight excluding hydrogens is 308 g/mol. The van der Waals surface area contributed by atoms with Gasteiger partial charge in [0.05, 0.1) is 0 Å². The molecule has 0 bridgehead atoms. The van der Waals surface area contributed by atoms with E-state index in [9.17, 15) is 0 Å². The Hall–Kier alpha value is 3.98. The van der Waals surface area contributed by atoms with Crippen LogP contribution in [0.1, 0.15) is 0 Å². The predicted octanol–water partition coefficient (Wildman–Crippen LogP) is -2.37. The Kier molecular flexibility index (Phi) is 88.2. The van der Waals surface area contributed by atoms with E-state index in [-0.39, 0.29) is 139 Å². The van der Waals surface area contributed by atoms with Gasteiger partial charge < -0.3 is 16.1 Å². The number of hydrogen-bond acceptors (Lipinski definition) is 2. The number of halogens is 2. The van der Waals surface area contributed by atoms with Gasteiger partial charge in [-0.05, 0) is 0 Å². The molecule has 68 valence electrons. The second-order valence-corrected chi connectivity index (χ2v) is 1.50. The molecule has 1 fully saturated rings. The van der Waals surface area contributed by atoms with Crippen LogP contribution in [-0.2, 0) is 19.5 Å². The number of hydrogen-bond donors (Lipinski definition) is 2. The Bertz CT molecular complexity index is 46.5. The third-order valence-electron chi connectivity index (χ3n) is 0.957. The fraction of sp³-hybridized carbons (Fsp3) is 1.00. The van der Waals surface area contributed by atoms with E-state index in [1.54, 1.807) is 0 Å². The van der Waals surface area contributed by atoms with Gasteiger partial charge >= 0.3 is 89.1 Å². The summed E-state index contributed by atoms with van der Waals surface area (Å²) in [5.41, 5.74) is 0. The summed E-state index contributed by atoms with van der Waals surface area (Å²) in [7, 11) is 0. The Morgan fingerprint density at radius 2 is 0.917 bits per heavy atom. The van der Waals surface area contributed by atoms with Gasteiger partial charge in [-0.25, -0.2) is 0 Å². The van der Waals surface area contributed by atoms with Gasteiger partial charge in [-0.2, -0.15) is 0 Å². The van der Waals surface area contributed by atoms with E-state index < -0.39 is 0 Å². The minimum Gasteiger partial charge on any atom is 0 e. The molecule has 12 heavy (non-hydrogen) atoms. The van der Waals surface area contributed by atoms with E-state index in [0.29, 0.717) is 0 Å². The summed E-state index contributed by atoms with van der Waals surface area (Å²) >= 11 is 0. The second-order valence-electron chi connectivity index (χ2n) is 1.50.